The molecule has 0 aliphatic rings. The lowest BCUT2D eigenvalue weighted by Gasteiger charge is -2.25. The zero-order chi connectivity index (χ0) is 41.0. The lowest BCUT2D eigenvalue weighted by molar-refractivity contribution is 0.227. The summed E-state index contributed by atoms with van der Waals surface area (Å²) < 4.78 is 33.8. The van der Waals surface area contributed by atoms with E-state index in [4.69, 9.17) is 17.8 Å². The van der Waals surface area contributed by atoms with Crippen LogP contribution in [0.15, 0.2) is 133 Å². The highest BCUT2D eigenvalue weighted by atomic mass is 32.1. The number of fused-ring (bicyclic) bond motifs is 1. The molecule has 0 N–H and O–H groups in total. The zero-order valence-corrected chi connectivity index (χ0v) is 36.4. The third kappa shape index (κ3) is 9.82. The van der Waals surface area contributed by atoms with Crippen molar-refractivity contribution >= 4 is 64.8 Å². The van der Waals surface area contributed by atoms with Crippen LogP contribution in [0.3, 0.4) is 0 Å². The van der Waals surface area contributed by atoms with Gasteiger partial charge in [0.05, 0.1) is 24.9 Å². The third-order valence-corrected chi connectivity index (χ3v) is 14.0. The SMILES string of the molecule is CCCCCCCCc1cc(-c2ccc(-c3ccc(/C=C(/C#N)P(=O)(OCC)OCC)cc3)c3nsnc23)sc1-c1ccc(N(c2ccccc2)c2ccccc2)cc1. The van der Waals surface area contributed by atoms with Gasteiger partial charge in [-0.05, 0) is 97.5 Å². The second-order valence-corrected chi connectivity index (χ2v) is 17.8. The largest absolute Gasteiger partial charge is 0.371 e. The van der Waals surface area contributed by atoms with Crippen LogP contribution in [0.2, 0.25) is 0 Å². The van der Waals surface area contributed by atoms with Crippen molar-refractivity contribution in [2.45, 2.75) is 65.7 Å². The number of hydrogen-bond acceptors (Lipinski definition) is 9. The van der Waals surface area contributed by atoms with Crippen LogP contribution in [0.5, 0.6) is 0 Å². The molecular weight excluding hydrogens is 788 g/mol. The summed E-state index contributed by atoms with van der Waals surface area (Å²) in [6.45, 7) is 6.07. The first kappa shape index (κ1) is 41.9. The van der Waals surface area contributed by atoms with Gasteiger partial charge < -0.3 is 13.9 Å². The molecule has 7 rings (SSSR count). The van der Waals surface area contributed by atoms with Crippen LogP contribution in [0, 0.1) is 11.3 Å². The number of unbranched alkanes of at least 4 members (excludes halogenated alkanes) is 5. The van der Waals surface area contributed by atoms with Crippen LogP contribution in [0.1, 0.15) is 70.4 Å². The average molecular weight is 837 g/mol. The van der Waals surface area contributed by atoms with Gasteiger partial charge in [-0.15, -0.1) is 11.3 Å². The molecule has 0 fully saturated rings. The molecule has 10 heteroatoms. The van der Waals surface area contributed by atoms with Crippen LogP contribution >= 0.6 is 30.7 Å². The Morgan fingerprint density at radius 2 is 1.25 bits per heavy atom. The van der Waals surface area contributed by atoms with Crippen molar-refractivity contribution in [3.63, 3.8) is 0 Å². The number of benzene rings is 5. The van der Waals surface area contributed by atoms with Crippen molar-refractivity contribution < 1.29 is 13.6 Å². The van der Waals surface area contributed by atoms with E-state index in [2.05, 4.69) is 115 Å². The summed E-state index contributed by atoms with van der Waals surface area (Å²) in [5.74, 6) is 0. The minimum Gasteiger partial charge on any atom is -0.311 e. The number of para-hydroxylation sites is 2. The third-order valence-electron chi connectivity index (χ3n) is 10.2. The van der Waals surface area contributed by atoms with Crippen LogP contribution < -0.4 is 4.90 Å². The van der Waals surface area contributed by atoms with Crippen molar-refractivity contribution in [1.82, 2.24) is 8.75 Å². The minimum atomic E-state index is -3.71. The molecular formula is C49H49N4O3PS2. The highest BCUT2D eigenvalue weighted by Gasteiger charge is 2.30. The Kier molecular flexibility index (Phi) is 14.3. The van der Waals surface area contributed by atoms with E-state index in [0.717, 1.165) is 63.2 Å². The predicted octanol–water partition coefficient (Wildman–Crippen LogP) is 15.3. The first-order valence-electron chi connectivity index (χ1n) is 20.5. The highest BCUT2D eigenvalue weighted by molar-refractivity contribution is 7.59. The number of allylic oxidation sites excluding steroid dienone is 1. The maximum atomic E-state index is 13.3. The van der Waals surface area contributed by atoms with E-state index in [-0.39, 0.29) is 18.5 Å². The summed E-state index contributed by atoms with van der Waals surface area (Å²) in [7, 11) is -3.71. The maximum Gasteiger partial charge on any atom is 0.371 e. The van der Waals surface area contributed by atoms with Crippen molar-refractivity contribution in [2.75, 3.05) is 18.1 Å². The van der Waals surface area contributed by atoms with Crippen LogP contribution in [-0.4, -0.2) is 22.0 Å². The topological polar surface area (TPSA) is 88.3 Å². The molecule has 2 heterocycles. The van der Waals surface area contributed by atoms with E-state index in [1.165, 1.54) is 64.7 Å². The Morgan fingerprint density at radius 3 is 1.86 bits per heavy atom. The van der Waals surface area contributed by atoms with Crippen molar-refractivity contribution in [2.24, 2.45) is 0 Å². The van der Waals surface area contributed by atoms with Gasteiger partial charge in [-0.1, -0.05) is 124 Å². The Labute approximate surface area is 356 Å². The van der Waals surface area contributed by atoms with Crippen molar-refractivity contribution in [3.8, 4) is 38.1 Å². The summed E-state index contributed by atoms with van der Waals surface area (Å²) in [5.41, 5.74) is 11.4. The van der Waals surface area contributed by atoms with Gasteiger partial charge in [-0.25, -0.2) is 0 Å². The Hall–Kier alpha value is -5.20. The molecule has 7 aromatic rings. The first-order valence-corrected chi connectivity index (χ1v) is 23.6. The minimum absolute atomic E-state index is 0.0205. The van der Waals surface area contributed by atoms with E-state index >= 15 is 0 Å². The lowest BCUT2D eigenvalue weighted by Crippen LogP contribution is -2.09. The number of nitriles is 1. The van der Waals surface area contributed by atoms with Gasteiger partial charge in [0.2, 0.25) is 0 Å². The molecule has 0 aliphatic heterocycles. The van der Waals surface area contributed by atoms with Gasteiger partial charge in [-0.3, -0.25) is 4.57 Å². The molecule has 0 spiro atoms. The Balaban J connectivity index is 1.21. The number of hydrogen-bond donors (Lipinski definition) is 0. The molecule has 300 valence electrons. The predicted molar refractivity (Wildman–Crippen MR) is 248 cm³/mol. The number of thiophene rings is 1. The zero-order valence-electron chi connectivity index (χ0n) is 33.8. The van der Waals surface area contributed by atoms with Crippen LogP contribution in [0.25, 0.3) is 49.1 Å². The summed E-state index contributed by atoms with van der Waals surface area (Å²) in [6.07, 6.45) is 10.1. The fraction of sp³-hybridized carbons (Fsp3) is 0.245. The van der Waals surface area contributed by atoms with Gasteiger partial charge in [-0.2, -0.15) is 14.0 Å². The maximum absolute atomic E-state index is 13.3. The number of rotatable bonds is 19. The van der Waals surface area contributed by atoms with Crippen molar-refractivity contribution in [1.29, 1.82) is 5.26 Å². The Morgan fingerprint density at radius 1 is 0.695 bits per heavy atom. The lowest BCUT2D eigenvalue weighted by atomic mass is 9.98. The molecule has 7 nitrogen and oxygen atoms in total. The molecule has 59 heavy (non-hydrogen) atoms. The van der Waals surface area contributed by atoms with E-state index in [1.54, 1.807) is 19.9 Å². The first-order chi connectivity index (χ1) is 29.0. The van der Waals surface area contributed by atoms with Crippen LogP contribution in [-0.2, 0) is 20.0 Å². The second kappa shape index (κ2) is 20.2. The van der Waals surface area contributed by atoms with Gasteiger partial charge >= 0.3 is 7.60 Å². The molecule has 0 atom stereocenters. The average Bonchev–Trinajstić information content (AvgIpc) is 3.94. The van der Waals surface area contributed by atoms with Crippen LogP contribution in [0.4, 0.5) is 17.1 Å². The van der Waals surface area contributed by atoms with E-state index in [1.807, 2.05) is 41.7 Å². The molecule has 0 unspecified atom stereocenters. The normalized spacial score (nSPS) is 11.9. The summed E-state index contributed by atoms with van der Waals surface area (Å²) in [4.78, 5) is 4.78. The standard InChI is InChI=1S/C49H49N4O3PS2/c1-4-7-8-9-10-13-18-39-34-46(58-49(39)38-27-29-42(30-28-38)53(40-19-14-11-15-20-40)41-21-16-12-17-22-41)45-32-31-44(47-48(45)52-59-51-47)37-25-23-36(24-26-37)33-43(35-50)57(54,55-5-2)56-6-3/h11-12,14-17,19-34H,4-10,13,18H2,1-3H3/b43-33-. The van der Waals surface area contributed by atoms with Gasteiger partial charge in [0.15, 0.2) is 0 Å². The van der Waals surface area contributed by atoms with Crippen molar-refractivity contribution in [3.05, 3.63) is 144 Å². The Bertz CT molecular complexity index is 2510. The number of aromatic nitrogens is 2. The summed E-state index contributed by atoms with van der Waals surface area (Å²) in [5, 5.41) is 9.81. The number of anilines is 3. The molecule has 0 saturated heterocycles. The molecule has 0 radical (unpaired) electrons. The number of aryl methyl sites for hydroxylation is 1. The van der Waals surface area contributed by atoms with Gasteiger partial charge in [0.1, 0.15) is 22.4 Å². The molecule has 0 bridgehead atoms. The van der Waals surface area contributed by atoms with E-state index in [0.29, 0.717) is 0 Å². The van der Waals surface area contributed by atoms with Gasteiger partial charge in [0, 0.05) is 37.9 Å². The fourth-order valence-corrected chi connectivity index (χ4v) is 10.6. The second-order valence-electron chi connectivity index (χ2n) is 14.3. The molecule has 0 aliphatic carbocycles. The highest BCUT2D eigenvalue weighted by Crippen LogP contribution is 2.56. The molecule has 5 aromatic carbocycles. The van der Waals surface area contributed by atoms with E-state index < -0.39 is 7.60 Å². The smallest absolute Gasteiger partial charge is 0.311 e. The summed E-state index contributed by atoms with van der Waals surface area (Å²) in [6, 6.07) is 46.5. The van der Waals surface area contributed by atoms with E-state index in [9.17, 15) is 9.83 Å². The molecule has 2 aromatic heterocycles. The monoisotopic (exact) mass is 836 g/mol. The quantitative estimate of drug-likeness (QED) is 0.0455. The molecule has 0 saturated carbocycles. The fourth-order valence-electron chi connectivity index (χ4n) is 7.35. The summed E-state index contributed by atoms with van der Waals surface area (Å²) >= 11 is 3.05. The van der Waals surface area contributed by atoms with Gasteiger partial charge in [0.25, 0.3) is 0 Å². The molecule has 0 amide bonds. The number of nitrogens with zero attached hydrogens (tertiary/aromatic N) is 4.